The van der Waals surface area contributed by atoms with Crippen molar-refractivity contribution in [2.24, 2.45) is 5.92 Å². The Hall–Kier alpha value is -2.34. The molecule has 178 valence electrons. The van der Waals surface area contributed by atoms with Crippen molar-refractivity contribution in [3.63, 3.8) is 0 Å². The van der Waals surface area contributed by atoms with Crippen LogP contribution in [0.1, 0.15) is 32.3 Å². The van der Waals surface area contributed by atoms with Crippen LogP contribution in [0, 0.1) is 12.8 Å². The average Bonchev–Trinajstić information content (AvgIpc) is 3.41. The number of hydrogen-bond acceptors (Lipinski definition) is 7. The molecule has 13 heteroatoms. The molecule has 0 radical (unpaired) electrons. The molecule has 3 N–H and O–H groups in total. The van der Waals surface area contributed by atoms with Gasteiger partial charge in [-0.05, 0) is 13.3 Å². The summed E-state index contributed by atoms with van der Waals surface area (Å²) in [5.41, 5.74) is 0.741. The van der Waals surface area contributed by atoms with E-state index in [2.05, 4.69) is 15.3 Å². The lowest BCUT2D eigenvalue weighted by Gasteiger charge is -2.40. The Morgan fingerprint density at radius 2 is 1.97 bits per heavy atom. The molecule has 2 aliphatic rings. The molecule has 0 aliphatic carbocycles. The summed E-state index contributed by atoms with van der Waals surface area (Å²) >= 11 is 13.4. The van der Waals surface area contributed by atoms with E-state index >= 15 is 0 Å². The van der Waals surface area contributed by atoms with Crippen molar-refractivity contribution in [3.05, 3.63) is 32.5 Å². The van der Waals surface area contributed by atoms with Gasteiger partial charge in [0, 0.05) is 37.9 Å². The van der Waals surface area contributed by atoms with Crippen molar-refractivity contribution in [1.29, 1.82) is 0 Å². The number of carbonyl (C=O) groups is 3. The molecule has 2 saturated heterocycles. The number of aromatic carboxylic acids is 1. The maximum Gasteiger partial charge on any atom is 0.347 e. The Kier molecular flexibility index (Phi) is 7.13. The smallest absolute Gasteiger partial charge is 0.347 e. The highest BCUT2D eigenvalue weighted by Gasteiger charge is 2.39. The van der Waals surface area contributed by atoms with Gasteiger partial charge in [0.1, 0.15) is 10.6 Å². The lowest BCUT2D eigenvalue weighted by molar-refractivity contribution is -0.140. The third-order valence-electron chi connectivity index (χ3n) is 5.83. The molecule has 4 rings (SSSR count). The summed E-state index contributed by atoms with van der Waals surface area (Å²) in [4.78, 5) is 48.5. The molecule has 0 saturated carbocycles. The summed E-state index contributed by atoms with van der Waals surface area (Å²) in [5, 5.41) is 13.1. The lowest BCUT2D eigenvalue weighted by Crippen LogP contribution is -2.57. The number of carboxylic acids is 1. The fraction of sp³-hybridized carbons (Fsp3) is 0.500. The van der Waals surface area contributed by atoms with E-state index < -0.39 is 23.8 Å². The number of piperidine rings is 1. The number of anilines is 1. The summed E-state index contributed by atoms with van der Waals surface area (Å²) in [6.45, 7) is 4.40. The minimum absolute atomic E-state index is 0.0879. The van der Waals surface area contributed by atoms with Crippen molar-refractivity contribution >= 4 is 57.5 Å². The third-order valence-corrected chi connectivity index (χ3v) is 7.82. The van der Waals surface area contributed by atoms with Crippen LogP contribution in [0.3, 0.4) is 0 Å². The average molecular weight is 516 g/mol. The van der Waals surface area contributed by atoms with Crippen LogP contribution in [0.15, 0.2) is 6.20 Å². The lowest BCUT2D eigenvalue weighted by atomic mass is 9.90. The number of H-pyrrole nitrogens is 1. The Labute approximate surface area is 203 Å². The number of hydrogen-bond donors (Lipinski definition) is 3. The van der Waals surface area contributed by atoms with Gasteiger partial charge in [-0.25, -0.2) is 9.78 Å². The number of amides is 2. The van der Waals surface area contributed by atoms with Gasteiger partial charge in [0.05, 0.1) is 35.4 Å². The maximum absolute atomic E-state index is 13.4. The van der Waals surface area contributed by atoms with Gasteiger partial charge in [-0.3, -0.25) is 9.59 Å². The number of thiazole rings is 1. The third kappa shape index (κ3) is 4.96. The normalized spacial score (nSPS) is 21.2. The molecular weight excluding hydrogens is 493 g/mol. The first kappa shape index (κ1) is 23.8. The van der Waals surface area contributed by atoms with Crippen molar-refractivity contribution in [3.8, 4) is 0 Å². The zero-order valence-electron chi connectivity index (χ0n) is 17.8. The zero-order valence-corrected chi connectivity index (χ0v) is 20.1. The molecule has 4 heterocycles. The number of carbonyl (C=O) groups excluding carboxylic acids is 2. The van der Waals surface area contributed by atoms with Crippen molar-refractivity contribution in [2.75, 3.05) is 44.3 Å². The second-order valence-corrected chi connectivity index (χ2v) is 9.69. The fourth-order valence-electron chi connectivity index (χ4n) is 4.05. The van der Waals surface area contributed by atoms with Crippen LogP contribution in [-0.2, 0) is 9.53 Å². The van der Waals surface area contributed by atoms with Gasteiger partial charge in [0.2, 0.25) is 5.91 Å². The first-order valence-corrected chi connectivity index (χ1v) is 12.0. The number of ether oxygens (including phenoxy) is 1. The highest BCUT2D eigenvalue weighted by atomic mass is 35.5. The number of aromatic nitrogens is 2. The van der Waals surface area contributed by atoms with Crippen LogP contribution in [-0.4, -0.2) is 83.2 Å². The Balaban J connectivity index is 1.55. The standard InChI is InChI=1S/C20H23Cl2N5O5S/c1-10-14(21)15(22)16(24-10)17(28)25-12-2-3-27(20-23-8-13(33-20)19(30)31)9-11(12)18(29)26-4-6-32-7-5-26/h8,11-12,24H,2-7,9H2,1H3,(H,25,28)(H,30,31)/t11-,12-/m1/s1. The number of morpholine rings is 1. The van der Waals surface area contributed by atoms with E-state index in [-0.39, 0.29) is 26.5 Å². The molecule has 2 atom stereocenters. The Morgan fingerprint density at radius 3 is 2.58 bits per heavy atom. The maximum atomic E-state index is 13.4. The van der Waals surface area contributed by atoms with E-state index in [4.69, 9.17) is 27.9 Å². The second kappa shape index (κ2) is 9.88. The van der Waals surface area contributed by atoms with Gasteiger partial charge in [-0.1, -0.05) is 34.5 Å². The van der Waals surface area contributed by atoms with Gasteiger partial charge in [0.25, 0.3) is 5.91 Å². The molecule has 0 spiro atoms. The molecule has 0 aromatic carbocycles. The van der Waals surface area contributed by atoms with Gasteiger partial charge < -0.3 is 29.9 Å². The van der Waals surface area contributed by atoms with E-state index in [1.807, 2.05) is 4.90 Å². The first-order valence-electron chi connectivity index (χ1n) is 10.4. The molecule has 33 heavy (non-hydrogen) atoms. The summed E-state index contributed by atoms with van der Waals surface area (Å²) in [6.07, 6.45) is 1.79. The molecular formula is C20H23Cl2N5O5S. The largest absolute Gasteiger partial charge is 0.477 e. The minimum atomic E-state index is -1.04. The van der Waals surface area contributed by atoms with Crippen molar-refractivity contribution in [1.82, 2.24) is 20.2 Å². The predicted octanol–water partition coefficient (Wildman–Crippen LogP) is 2.27. The number of nitrogens with zero attached hydrogens (tertiary/aromatic N) is 3. The summed E-state index contributed by atoms with van der Waals surface area (Å²) in [7, 11) is 0. The fourth-order valence-corrected chi connectivity index (χ4v) is 5.25. The van der Waals surface area contributed by atoms with Gasteiger partial charge in [0.15, 0.2) is 5.13 Å². The summed E-state index contributed by atoms with van der Waals surface area (Å²) < 4.78 is 5.36. The monoisotopic (exact) mass is 515 g/mol. The van der Waals surface area contributed by atoms with Crippen molar-refractivity contribution in [2.45, 2.75) is 19.4 Å². The topological polar surface area (TPSA) is 128 Å². The van der Waals surface area contributed by atoms with E-state index in [1.54, 1.807) is 11.8 Å². The van der Waals surface area contributed by atoms with Gasteiger partial charge in [-0.2, -0.15) is 0 Å². The molecule has 2 aromatic rings. The van der Waals surface area contributed by atoms with Crippen LogP contribution in [0.25, 0.3) is 0 Å². The SMILES string of the molecule is Cc1[nH]c(C(=O)N[C@@H]2CCN(c3ncc(C(=O)O)s3)C[C@H]2C(=O)N2CCOCC2)c(Cl)c1Cl. The number of aromatic amines is 1. The Bertz CT molecular complexity index is 1070. The quantitative estimate of drug-likeness (QED) is 0.556. The van der Waals surface area contributed by atoms with E-state index in [0.29, 0.717) is 56.6 Å². The minimum Gasteiger partial charge on any atom is -0.477 e. The van der Waals surface area contributed by atoms with Crippen LogP contribution >= 0.6 is 34.5 Å². The molecule has 2 amide bonds. The highest BCUT2D eigenvalue weighted by Crippen LogP contribution is 2.31. The molecule has 0 bridgehead atoms. The van der Waals surface area contributed by atoms with Crippen LogP contribution in [0.2, 0.25) is 10.0 Å². The van der Waals surface area contributed by atoms with E-state index in [0.717, 1.165) is 11.3 Å². The van der Waals surface area contributed by atoms with Gasteiger partial charge >= 0.3 is 5.97 Å². The van der Waals surface area contributed by atoms with Crippen LogP contribution < -0.4 is 10.2 Å². The molecule has 10 nitrogen and oxygen atoms in total. The number of aryl methyl sites for hydroxylation is 1. The molecule has 0 unspecified atom stereocenters. The molecule has 2 fully saturated rings. The number of nitrogens with one attached hydrogen (secondary N) is 2. The highest BCUT2D eigenvalue weighted by molar-refractivity contribution is 7.17. The zero-order chi connectivity index (χ0) is 23.7. The molecule has 2 aliphatic heterocycles. The number of halogens is 2. The molecule has 2 aromatic heterocycles. The summed E-state index contributed by atoms with van der Waals surface area (Å²) in [5.74, 6) is -2.12. The first-order chi connectivity index (χ1) is 15.8. The number of rotatable bonds is 5. The Morgan fingerprint density at radius 1 is 1.24 bits per heavy atom. The van der Waals surface area contributed by atoms with E-state index in [1.165, 1.54) is 6.20 Å². The van der Waals surface area contributed by atoms with Crippen LogP contribution in [0.4, 0.5) is 5.13 Å². The second-order valence-electron chi connectivity index (χ2n) is 7.92. The summed E-state index contributed by atoms with van der Waals surface area (Å²) in [6, 6.07) is -0.443. The number of carboxylic acid groups (broad SMARTS) is 1. The predicted molar refractivity (Wildman–Crippen MR) is 124 cm³/mol. The van der Waals surface area contributed by atoms with Crippen molar-refractivity contribution < 1.29 is 24.2 Å². The van der Waals surface area contributed by atoms with Gasteiger partial charge in [-0.15, -0.1) is 0 Å². The van der Waals surface area contributed by atoms with Crippen LogP contribution in [0.5, 0.6) is 0 Å². The van der Waals surface area contributed by atoms with E-state index in [9.17, 15) is 19.5 Å².